The molecule has 0 aliphatic heterocycles. The van der Waals surface area contributed by atoms with Crippen LogP contribution in [0.3, 0.4) is 0 Å². The fourth-order valence-corrected chi connectivity index (χ4v) is 2.20. The van der Waals surface area contributed by atoms with Gasteiger partial charge >= 0.3 is 5.95 Å². The quantitative estimate of drug-likeness (QED) is 0.578. The highest BCUT2D eigenvalue weighted by molar-refractivity contribution is 6.01. The molecule has 23 heavy (non-hydrogen) atoms. The Bertz CT molecular complexity index is 904. The lowest BCUT2D eigenvalue weighted by Gasteiger charge is -2.09. The van der Waals surface area contributed by atoms with Gasteiger partial charge in [0.15, 0.2) is 0 Å². The molecule has 0 aliphatic carbocycles. The number of carbonyl (C=O) groups excluding carboxylic acids is 1. The van der Waals surface area contributed by atoms with Gasteiger partial charge in [-0.25, -0.2) is 0 Å². The van der Waals surface area contributed by atoms with Crippen molar-refractivity contribution < 1.29 is 9.72 Å². The number of aryl methyl sites for hydroxylation is 1. The minimum Gasteiger partial charge on any atom is -0.390 e. The number of fused-ring (bicyclic) bond motifs is 1. The predicted octanol–water partition coefficient (Wildman–Crippen LogP) is 1.68. The SMILES string of the molecule is Cc1ccc(NC(=O)Cn2cnc([N+](=O)[O-])n2)c2cccnc12. The number of nitrogens with one attached hydrogen (secondary N) is 1. The Labute approximate surface area is 130 Å². The molecule has 0 aliphatic rings. The van der Waals surface area contributed by atoms with Gasteiger partial charge in [0.05, 0.1) is 11.2 Å². The zero-order valence-corrected chi connectivity index (χ0v) is 12.1. The van der Waals surface area contributed by atoms with E-state index in [4.69, 9.17) is 0 Å². The fraction of sp³-hybridized carbons (Fsp3) is 0.143. The third kappa shape index (κ3) is 2.98. The Morgan fingerprint density at radius 1 is 1.35 bits per heavy atom. The molecule has 0 saturated heterocycles. The van der Waals surface area contributed by atoms with Gasteiger partial charge in [0.2, 0.25) is 12.2 Å². The first-order valence-corrected chi connectivity index (χ1v) is 6.72. The van der Waals surface area contributed by atoms with Crippen molar-refractivity contribution in [3.8, 4) is 0 Å². The van der Waals surface area contributed by atoms with Crippen molar-refractivity contribution in [1.29, 1.82) is 0 Å². The van der Waals surface area contributed by atoms with Crippen LogP contribution in [0.15, 0.2) is 36.8 Å². The van der Waals surface area contributed by atoms with E-state index in [-0.39, 0.29) is 12.5 Å². The topological polar surface area (TPSA) is 116 Å². The Hall–Kier alpha value is -3.36. The standard InChI is InChI=1S/C14H12N6O3/c1-9-4-5-11(10-3-2-6-15-13(9)10)17-12(21)7-19-8-16-14(18-19)20(22)23/h2-6,8H,7H2,1H3,(H,17,21). The average Bonchev–Trinajstić information content (AvgIpc) is 2.99. The molecular formula is C14H12N6O3. The number of hydrogen-bond donors (Lipinski definition) is 1. The molecule has 0 saturated carbocycles. The smallest absolute Gasteiger partial charge is 0.390 e. The zero-order chi connectivity index (χ0) is 16.4. The molecule has 3 aromatic rings. The number of carbonyl (C=O) groups is 1. The molecule has 2 aromatic heterocycles. The van der Waals surface area contributed by atoms with Crippen molar-refractivity contribution in [2.24, 2.45) is 0 Å². The Balaban J connectivity index is 1.80. The van der Waals surface area contributed by atoms with E-state index in [1.165, 1.54) is 0 Å². The van der Waals surface area contributed by atoms with Gasteiger partial charge < -0.3 is 15.4 Å². The largest absolute Gasteiger partial charge is 0.490 e. The van der Waals surface area contributed by atoms with Crippen molar-refractivity contribution in [1.82, 2.24) is 19.7 Å². The molecule has 3 rings (SSSR count). The summed E-state index contributed by atoms with van der Waals surface area (Å²) < 4.78 is 1.11. The highest BCUT2D eigenvalue weighted by atomic mass is 16.6. The van der Waals surface area contributed by atoms with Crippen LogP contribution in [0, 0.1) is 17.0 Å². The lowest BCUT2D eigenvalue weighted by atomic mass is 10.1. The third-order valence-electron chi connectivity index (χ3n) is 3.24. The van der Waals surface area contributed by atoms with Crippen LogP contribution in [0.1, 0.15) is 5.56 Å². The molecule has 0 spiro atoms. The summed E-state index contributed by atoms with van der Waals surface area (Å²) in [6, 6.07) is 7.32. The minimum absolute atomic E-state index is 0.170. The highest BCUT2D eigenvalue weighted by Crippen LogP contribution is 2.24. The van der Waals surface area contributed by atoms with E-state index in [0.717, 1.165) is 27.5 Å². The Kier molecular flexibility index (Phi) is 3.67. The Morgan fingerprint density at radius 2 is 2.17 bits per heavy atom. The number of aromatic nitrogens is 4. The van der Waals surface area contributed by atoms with Crippen LogP contribution >= 0.6 is 0 Å². The Morgan fingerprint density at radius 3 is 2.91 bits per heavy atom. The fourth-order valence-electron chi connectivity index (χ4n) is 2.20. The molecule has 0 atom stereocenters. The number of nitro groups is 1. The maximum atomic E-state index is 12.1. The normalized spacial score (nSPS) is 10.7. The van der Waals surface area contributed by atoms with E-state index >= 15 is 0 Å². The van der Waals surface area contributed by atoms with Crippen molar-refractivity contribution in [3.05, 3.63) is 52.5 Å². The molecule has 0 bridgehead atoms. The van der Waals surface area contributed by atoms with Crippen molar-refractivity contribution in [3.63, 3.8) is 0 Å². The van der Waals surface area contributed by atoms with E-state index in [2.05, 4.69) is 20.4 Å². The number of nitrogens with zero attached hydrogens (tertiary/aromatic N) is 5. The average molecular weight is 312 g/mol. The number of rotatable bonds is 4. The summed E-state index contributed by atoms with van der Waals surface area (Å²) in [6.45, 7) is 1.77. The zero-order valence-electron chi connectivity index (χ0n) is 12.1. The summed E-state index contributed by atoms with van der Waals surface area (Å²) in [7, 11) is 0. The molecule has 1 amide bonds. The second-order valence-electron chi connectivity index (χ2n) is 4.88. The van der Waals surface area contributed by atoms with Gasteiger partial charge in [0.25, 0.3) is 0 Å². The van der Waals surface area contributed by atoms with E-state index in [1.807, 2.05) is 19.1 Å². The molecule has 0 fully saturated rings. The van der Waals surface area contributed by atoms with Gasteiger partial charge in [0.1, 0.15) is 6.54 Å². The van der Waals surface area contributed by atoms with E-state index in [9.17, 15) is 14.9 Å². The van der Waals surface area contributed by atoms with Crippen LogP contribution in [0.25, 0.3) is 10.9 Å². The summed E-state index contributed by atoms with van der Waals surface area (Å²) >= 11 is 0. The van der Waals surface area contributed by atoms with Gasteiger partial charge in [-0.2, -0.15) is 4.68 Å². The maximum Gasteiger partial charge on any atom is 0.490 e. The molecule has 9 heteroatoms. The second kappa shape index (κ2) is 5.79. The first kappa shape index (κ1) is 14.6. The first-order valence-electron chi connectivity index (χ1n) is 6.72. The number of amides is 1. The lowest BCUT2D eigenvalue weighted by Crippen LogP contribution is -2.19. The third-order valence-corrected chi connectivity index (χ3v) is 3.24. The number of hydrogen-bond acceptors (Lipinski definition) is 6. The van der Waals surface area contributed by atoms with Gasteiger partial charge in [-0.05, 0) is 35.6 Å². The van der Waals surface area contributed by atoms with Crippen LogP contribution in [0.5, 0.6) is 0 Å². The number of pyridine rings is 1. The molecule has 0 radical (unpaired) electrons. The van der Waals surface area contributed by atoms with Gasteiger partial charge in [-0.3, -0.25) is 9.78 Å². The molecule has 2 heterocycles. The minimum atomic E-state index is -0.715. The van der Waals surface area contributed by atoms with Gasteiger partial charge in [0, 0.05) is 16.7 Å². The van der Waals surface area contributed by atoms with Crippen LogP contribution < -0.4 is 5.32 Å². The predicted molar refractivity (Wildman–Crippen MR) is 81.8 cm³/mol. The summed E-state index contributed by atoms with van der Waals surface area (Å²) in [5, 5.41) is 17.7. The maximum absolute atomic E-state index is 12.1. The van der Waals surface area contributed by atoms with E-state index in [1.54, 1.807) is 18.3 Å². The first-order chi connectivity index (χ1) is 11.0. The van der Waals surface area contributed by atoms with Crippen LogP contribution in [-0.2, 0) is 11.3 Å². The van der Waals surface area contributed by atoms with Crippen molar-refractivity contribution in [2.45, 2.75) is 13.5 Å². The highest BCUT2D eigenvalue weighted by Gasteiger charge is 2.16. The van der Waals surface area contributed by atoms with Gasteiger partial charge in [-0.1, -0.05) is 11.1 Å². The molecule has 1 N–H and O–H groups in total. The van der Waals surface area contributed by atoms with Crippen molar-refractivity contribution in [2.75, 3.05) is 5.32 Å². The molecular weight excluding hydrogens is 300 g/mol. The van der Waals surface area contributed by atoms with Crippen LogP contribution in [0.4, 0.5) is 11.6 Å². The summed E-state index contributed by atoms with van der Waals surface area (Å²) in [6.07, 6.45) is 2.84. The monoisotopic (exact) mass is 312 g/mol. The summed E-state index contributed by atoms with van der Waals surface area (Å²) in [5.41, 5.74) is 2.44. The molecule has 1 aromatic carbocycles. The van der Waals surface area contributed by atoms with E-state index in [0.29, 0.717) is 5.69 Å². The van der Waals surface area contributed by atoms with Gasteiger partial charge in [-0.15, -0.1) is 0 Å². The van der Waals surface area contributed by atoms with Crippen molar-refractivity contribution >= 4 is 28.4 Å². The summed E-state index contributed by atoms with van der Waals surface area (Å²) in [4.78, 5) is 29.7. The van der Waals surface area contributed by atoms with Crippen LogP contribution in [-0.4, -0.2) is 30.6 Å². The lowest BCUT2D eigenvalue weighted by molar-refractivity contribution is -0.394. The number of benzene rings is 1. The summed E-state index contributed by atoms with van der Waals surface area (Å²) in [5.74, 6) is -0.901. The molecule has 9 nitrogen and oxygen atoms in total. The molecule has 0 unspecified atom stereocenters. The number of anilines is 1. The molecule has 116 valence electrons. The second-order valence-corrected chi connectivity index (χ2v) is 4.88. The van der Waals surface area contributed by atoms with E-state index < -0.39 is 10.9 Å². The van der Waals surface area contributed by atoms with Crippen LogP contribution in [0.2, 0.25) is 0 Å².